The molecule has 37 heavy (non-hydrogen) atoms. The van der Waals surface area contributed by atoms with E-state index in [2.05, 4.69) is 4.98 Å². The summed E-state index contributed by atoms with van der Waals surface area (Å²) in [6.07, 6.45) is -2.28. The van der Waals surface area contributed by atoms with Crippen molar-refractivity contribution in [1.82, 2.24) is 14.8 Å². The van der Waals surface area contributed by atoms with Crippen LogP contribution in [0.1, 0.15) is 26.0 Å². The minimum Gasteiger partial charge on any atom is -0.463 e. The predicted molar refractivity (Wildman–Crippen MR) is 139 cm³/mol. The number of carbonyl (C=O) groups excluding carboxylic acids is 1. The van der Waals surface area contributed by atoms with Gasteiger partial charge in [-0.2, -0.15) is 13.2 Å². The Balaban J connectivity index is 2.52. The van der Waals surface area contributed by atoms with Gasteiger partial charge in [0, 0.05) is 25.5 Å². The second-order valence-corrected chi connectivity index (χ2v) is 11.1. The van der Waals surface area contributed by atoms with Crippen LogP contribution < -0.4 is 0 Å². The fraction of sp³-hybridized carbons (Fsp3) is 0.423. The van der Waals surface area contributed by atoms with Crippen LogP contribution in [0, 0.1) is 0 Å². The lowest BCUT2D eigenvalue weighted by Crippen LogP contribution is -2.29. The summed E-state index contributed by atoms with van der Waals surface area (Å²) < 4.78 is 71.0. The number of ether oxygens (including phenoxy) is 1. The third kappa shape index (κ3) is 8.78. The Labute approximate surface area is 216 Å². The summed E-state index contributed by atoms with van der Waals surface area (Å²) in [5, 5.41) is 0. The van der Waals surface area contributed by atoms with E-state index in [1.807, 2.05) is 19.0 Å². The number of H-pyrrole nitrogens is 1. The average Bonchev–Trinajstić information content (AvgIpc) is 3.27. The Morgan fingerprint density at radius 3 is 2.38 bits per heavy atom. The van der Waals surface area contributed by atoms with Gasteiger partial charge >= 0.3 is 12.1 Å². The second-order valence-electron chi connectivity index (χ2n) is 9.04. The molecule has 0 aliphatic carbocycles. The van der Waals surface area contributed by atoms with Crippen molar-refractivity contribution in [2.24, 2.45) is 0 Å². The smallest absolute Gasteiger partial charge is 0.416 e. The first-order valence-corrected chi connectivity index (χ1v) is 13.5. The predicted octanol–water partition coefficient (Wildman–Crippen LogP) is 4.75. The van der Waals surface area contributed by atoms with Crippen LogP contribution in [0.5, 0.6) is 0 Å². The number of allylic oxidation sites excluding steroid dienone is 3. The number of sulfone groups is 1. The lowest BCUT2D eigenvalue weighted by molar-refractivity contribution is -0.144. The Kier molecular flexibility index (Phi) is 10.2. The lowest BCUT2D eigenvalue weighted by atomic mass is 10.0. The van der Waals surface area contributed by atoms with Crippen molar-refractivity contribution < 1.29 is 31.1 Å². The summed E-state index contributed by atoms with van der Waals surface area (Å²) in [6.45, 7) is 3.46. The highest BCUT2D eigenvalue weighted by Gasteiger charge is 2.34. The number of nitrogens with zero attached hydrogens (tertiary/aromatic N) is 2. The topological polar surface area (TPSA) is 82.7 Å². The fourth-order valence-electron chi connectivity index (χ4n) is 3.44. The van der Waals surface area contributed by atoms with Crippen LogP contribution in [-0.4, -0.2) is 82.4 Å². The summed E-state index contributed by atoms with van der Waals surface area (Å²) in [5.74, 6) is -0.576. The van der Waals surface area contributed by atoms with Crippen LogP contribution in [0.3, 0.4) is 0 Å². The van der Waals surface area contributed by atoms with Gasteiger partial charge in [0.2, 0.25) is 0 Å². The molecule has 0 aliphatic rings. The largest absolute Gasteiger partial charge is 0.463 e. The van der Waals surface area contributed by atoms with E-state index < -0.39 is 27.6 Å². The van der Waals surface area contributed by atoms with Crippen LogP contribution in [0.15, 0.2) is 58.5 Å². The van der Waals surface area contributed by atoms with Gasteiger partial charge in [0.1, 0.15) is 13.2 Å². The highest BCUT2D eigenvalue weighted by molar-refractivity contribution is 7.90. The minimum absolute atomic E-state index is 0.121. The van der Waals surface area contributed by atoms with Crippen LogP contribution in [0.4, 0.5) is 13.2 Å². The van der Waals surface area contributed by atoms with Gasteiger partial charge in [-0.05, 0) is 63.3 Å². The third-order valence-corrected chi connectivity index (χ3v) is 6.80. The molecular weight excluding hydrogens is 507 g/mol. The number of nitrogens with one attached hydrogen (secondary N) is 1. The van der Waals surface area contributed by atoms with Gasteiger partial charge < -0.3 is 19.5 Å². The van der Waals surface area contributed by atoms with E-state index in [0.717, 1.165) is 12.3 Å². The van der Waals surface area contributed by atoms with Gasteiger partial charge in [-0.25, -0.2) is 8.42 Å². The molecule has 0 aliphatic heterocycles. The molecule has 0 saturated carbocycles. The standard InChI is InChI=1S/C26H34F3N3O4S/c1-7-18(2)21(26(27,28)29)16-24(32(5)17-25(33)36-14-13-31(3)4)23-12-11-22(30-23)19-9-8-10-20(15-19)37(6,34)35/h8-12,15-16,30H,7,13-14,17H2,1-6H3/b21-18-,24-16-. The van der Waals surface area contributed by atoms with Crippen molar-refractivity contribution in [2.45, 2.75) is 31.3 Å². The number of esters is 1. The molecule has 11 heteroatoms. The first-order chi connectivity index (χ1) is 17.1. The Morgan fingerprint density at radius 1 is 1.14 bits per heavy atom. The SMILES string of the molecule is CC/C(C)=C(/C=C(/c1ccc(-c2cccc(S(C)(=O)=O)c2)[nH]1)N(C)CC(=O)OCCN(C)C)C(F)(F)F. The minimum atomic E-state index is -4.60. The molecule has 0 saturated heterocycles. The summed E-state index contributed by atoms with van der Waals surface area (Å²) in [7, 11) is 1.73. The monoisotopic (exact) mass is 541 g/mol. The van der Waals surface area contributed by atoms with Crippen LogP contribution in [0.2, 0.25) is 0 Å². The molecule has 1 aromatic heterocycles. The van der Waals surface area contributed by atoms with Crippen molar-refractivity contribution in [3.8, 4) is 11.3 Å². The van der Waals surface area contributed by atoms with E-state index >= 15 is 0 Å². The molecule has 7 nitrogen and oxygen atoms in total. The molecule has 0 radical (unpaired) electrons. The first-order valence-electron chi connectivity index (χ1n) is 11.6. The number of aromatic nitrogens is 1. The maximum absolute atomic E-state index is 13.9. The van der Waals surface area contributed by atoms with E-state index in [4.69, 9.17) is 4.74 Å². The molecule has 0 spiro atoms. The van der Waals surface area contributed by atoms with Gasteiger partial charge in [0.15, 0.2) is 9.84 Å². The highest BCUT2D eigenvalue weighted by atomic mass is 32.2. The molecule has 1 heterocycles. The van der Waals surface area contributed by atoms with Crippen molar-refractivity contribution in [3.63, 3.8) is 0 Å². The molecular formula is C26H34F3N3O4S. The molecule has 0 unspecified atom stereocenters. The van der Waals surface area contributed by atoms with Gasteiger partial charge in [-0.15, -0.1) is 0 Å². The maximum Gasteiger partial charge on any atom is 0.416 e. The zero-order valence-corrected chi connectivity index (χ0v) is 22.8. The number of hydrogen-bond acceptors (Lipinski definition) is 6. The number of carbonyl (C=O) groups is 1. The van der Waals surface area contributed by atoms with Gasteiger partial charge in [0.25, 0.3) is 0 Å². The first kappa shape index (κ1) is 30.2. The number of likely N-dealkylation sites (N-methyl/N-ethyl adjacent to an activating group) is 2. The van der Waals surface area contributed by atoms with E-state index in [-0.39, 0.29) is 35.7 Å². The van der Waals surface area contributed by atoms with Crippen LogP contribution in [0.25, 0.3) is 17.0 Å². The molecule has 0 bridgehead atoms. The van der Waals surface area contributed by atoms with Gasteiger partial charge in [0.05, 0.1) is 21.9 Å². The molecule has 1 N–H and O–H groups in total. The Morgan fingerprint density at radius 2 is 1.81 bits per heavy atom. The number of alkyl halides is 3. The molecule has 0 atom stereocenters. The van der Waals surface area contributed by atoms with E-state index in [0.29, 0.717) is 23.5 Å². The highest BCUT2D eigenvalue weighted by Crippen LogP contribution is 2.34. The summed E-state index contributed by atoms with van der Waals surface area (Å²) in [6, 6.07) is 9.49. The zero-order chi connectivity index (χ0) is 28.0. The normalized spacial score (nSPS) is 13.5. The number of hydrogen-bond donors (Lipinski definition) is 1. The molecule has 204 valence electrons. The van der Waals surface area contributed by atoms with E-state index in [1.165, 1.54) is 31.0 Å². The van der Waals surface area contributed by atoms with Crippen molar-refractivity contribution >= 4 is 21.5 Å². The summed E-state index contributed by atoms with van der Waals surface area (Å²) >= 11 is 0. The quantitative estimate of drug-likeness (QED) is 0.327. The lowest BCUT2D eigenvalue weighted by Gasteiger charge is -2.23. The third-order valence-electron chi connectivity index (χ3n) is 5.69. The second kappa shape index (κ2) is 12.5. The average molecular weight is 542 g/mol. The fourth-order valence-corrected chi connectivity index (χ4v) is 4.11. The van der Waals surface area contributed by atoms with Crippen molar-refractivity contribution in [1.29, 1.82) is 0 Å². The van der Waals surface area contributed by atoms with Crippen LogP contribution >= 0.6 is 0 Å². The summed E-state index contributed by atoms with van der Waals surface area (Å²) in [5.41, 5.74) is 0.880. The Bertz CT molecular complexity index is 1260. The molecule has 0 fully saturated rings. The van der Waals surface area contributed by atoms with Crippen molar-refractivity contribution in [3.05, 3.63) is 59.3 Å². The molecule has 1 aromatic carbocycles. The number of rotatable bonds is 11. The van der Waals surface area contributed by atoms with Gasteiger partial charge in [-0.3, -0.25) is 4.79 Å². The summed E-state index contributed by atoms with van der Waals surface area (Å²) in [4.78, 5) is 18.8. The van der Waals surface area contributed by atoms with Crippen molar-refractivity contribution in [2.75, 3.05) is 47.1 Å². The van der Waals surface area contributed by atoms with E-state index in [1.54, 1.807) is 31.2 Å². The maximum atomic E-state index is 13.9. The van der Waals surface area contributed by atoms with Gasteiger partial charge in [-0.1, -0.05) is 24.6 Å². The molecule has 0 amide bonds. The number of aromatic amines is 1. The zero-order valence-electron chi connectivity index (χ0n) is 21.9. The molecule has 2 aromatic rings. The van der Waals surface area contributed by atoms with Crippen LogP contribution in [-0.2, 0) is 19.4 Å². The Hall–Kier alpha value is -3.05. The van der Waals surface area contributed by atoms with E-state index in [9.17, 15) is 26.4 Å². The number of halogens is 3. The number of benzene rings is 1. The molecule has 2 rings (SSSR count).